The maximum Gasteiger partial charge on any atom is 0.257 e. The molecule has 1 N–H and O–H groups in total. The number of thiophene rings is 1. The van der Waals surface area contributed by atoms with Crippen LogP contribution in [0.25, 0.3) is 0 Å². The first-order valence-electron chi connectivity index (χ1n) is 4.62. The molecule has 0 aliphatic heterocycles. The van der Waals surface area contributed by atoms with E-state index in [9.17, 15) is 4.79 Å². The summed E-state index contributed by atoms with van der Waals surface area (Å²) in [4.78, 5) is 15.9. The Morgan fingerprint density at radius 2 is 2.31 bits per heavy atom. The van der Waals surface area contributed by atoms with Gasteiger partial charge in [0.05, 0.1) is 5.56 Å². The molecule has 5 heteroatoms. The Hall–Kier alpha value is -1.20. The average Bonchev–Trinajstić information content (AvgIpc) is 2.64. The number of nitrogens with zero attached hydrogens (tertiary/aromatic N) is 1. The number of carbonyl (C=O) groups is 1. The highest BCUT2D eigenvalue weighted by Gasteiger charge is 2.10. The van der Waals surface area contributed by atoms with Gasteiger partial charge in [0.15, 0.2) is 0 Å². The van der Waals surface area contributed by atoms with Gasteiger partial charge in [0.2, 0.25) is 0 Å². The van der Waals surface area contributed by atoms with Crippen LogP contribution in [-0.2, 0) is 0 Å². The van der Waals surface area contributed by atoms with Gasteiger partial charge in [-0.2, -0.15) is 11.3 Å². The second kappa shape index (κ2) is 4.76. The summed E-state index contributed by atoms with van der Waals surface area (Å²) in [6.07, 6.45) is 1.64. The zero-order chi connectivity index (χ0) is 11.5. The number of pyridine rings is 1. The topological polar surface area (TPSA) is 42.0 Å². The summed E-state index contributed by atoms with van der Waals surface area (Å²) >= 11 is 4.84. The van der Waals surface area contributed by atoms with Crippen molar-refractivity contribution in [2.75, 3.05) is 5.32 Å². The molecule has 0 fully saturated rings. The van der Waals surface area contributed by atoms with Crippen LogP contribution in [0.3, 0.4) is 0 Å². The predicted octanol–water partition coefficient (Wildman–Crippen LogP) is 3.47. The molecule has 0 atom stereocenters. The van der Waals surface area contributed by atoms with Crippen LogP contribution in [0, 0.1) is 6.92 Å². The summed E-state index contributed by atoms with van der Waals surface area (Å²) in [5.74, 6) is 0.425. The number of halogens is 1. The van der Waals surface area contributed by atoms with E-state index < -0.39 is 0 Å². The van der Waals surface area contributed by atoms with Crippen LogP contribution < -0.4 is 5.32 Å². The summed E-state index contributed by atoms with van der Waals surface area (Å²) in [5.41, 5.74) is 1.68. The van der Waals surface area contributed by atoms with E-state index in [2.05, 4.69) is 26.2 Å². The molecule has 0 saturated heterocycles. The fourth-order valence-corrected chi connectivity index (χ4v) is 2.41. The molecule has 0 aliphatic carbocycles. The molecule has 3 nitrogen and oxygen atoms in total. The van der Waals surface area contributed by atoms with Gasteiger partial charge in [-0.15, -0.1) is 0 Å². The van der Waals surface area contributed by atoms with Crippen LogP contribution in [0.15, 0.2) is 33.6 Å². The van der Waals surface area contributed by atoms with E-state index in [0.717, 1.165) is 10.0 Å². The number of amides is 1. The van der Waals surface area contributed by atoms with E-state index in [1.807, 2.05) is 23.8 Å². The van der Waals surface area contributed by atoms with Crippen LogP contribution in [0.5, 0.6) is 0 Å². The standard InChI is InChI=1S/C11H9BrN2OS/c1-7-5-16-6-9(7)11(15)14-10-4-8(12)2-3-13-10/h2-6H,1H3,(H,13,14,15). The minimum Gasteiger partial charge on any atom is -0.306 e. The minimum absolute atomic E-state index is 0.121. The highest BCUT2D eigenvalue weighted by Crippen LogP contribution is 2.17. The first-order chi connectivity index (χ1) is 7.66. The third-order valence-corrected chi connectivity index (χ3v) is 3.42. The summed E-state index contributed by atoms with van der Waals surface area (Å²) in [7, 11) is 0. The molecule has 0 aromatic carbocycles. The molecule has 1 amide bonds. The first-order valence-corrected chi connectivity index (χ1v) is 6.36. The summed E-state index contributed by atoms with van der Waals surface area (Å²) in [5, 5.41) is 6.54. The van der Waals surface area contributed by atoms with Gasteiger partial charge < -0.3 is 5.32 Å². The Balaban J connectivity index is 2.17. The quantitative estimate of drug-likeness (QED) is 0.922. The predicted molar refractivity (Wildman–Crippen MR) is 68.9 cm³/mol. The van der Waals surface area contributed by atoms with Crippen molar-refractivity contribution in [2.45, 2.75) is 6.92 Å². The van der Waals surface area contributed by atoms with Crippen LogP contribution in [0.1, 0.15) is 15.9 Å². The number of anilines is 1. The van der Waals surface area contributed by atoms with E-state index in [-0.39, 0.29) is 5.91 Å². The Bertz CT molecular complexity index is 524. The van der Waals surface area contributed by atoms with Gasteiger partial charge in [-0.25, -0.2) is 4.98 Å². The lowest BCUT2D eigenvalue weighted by Gasteiger charge is -2.03. The molecule has 0 spiro atoms. The Kier molecular flexibility index (Phi) is 3.36. The lowest BCUT2D eigenvalue weighted by molar-refractivity contribution is 0.102. The molecule has 0 unspecified atom stereocenters. The third-order valence-electron chi connectivity index (χ3n) is 2.06. The van der Waals surface area contributed by atoms with Crippen LogP contribution >= 0.6 is 27.3 Å². The molecule has 0 saturated carbocycles. The van der Waals surface area contributed by atoms with Gasteiger partial charge >= 0.3 is 0 Å². The van der Waals surface area contributed by atoms with Crippen molar-refractivity contribution in [1.29, 1.82) is 0 Å². The van der Waals surface area contributed by atoms with Gasteiger partial charge in [-0.05, 0) is 30.0 Å². The number of aromatic nitrogens is 1. The largest absolute Gasteiger partial charge is 0.306 e. The van der Waals surface area contributed by atoms with Crippen molar-refractivity contribution in [3.63, 3.8) is 0 Å². The Morgan fingerprint density at radius 1 is 1.50 bits per heavy atom. The maximum absolute atomic E-state index is 11.8. The number of hydrogen-bond donors (Lipinski definition) is 1. The van der Waals surface area contributed by atoms with Gasteiger partial charge in [0, 0.05) is 16.0 Å². The van der Waals surface area contributed by atoms with Crippen molar-refractivity contribution < 1.29 is 4.79 Å². The van der Waals surface area contributed by atoms with Gasteiger partial charge in [-0.3, -0.25) is 4.79 Å². The highest BCUT2D eigenvalue weighted by atomic mass is 79.9. The fraction of sp³-hybridized carbons (Fsp3) is 0.0909. The van der Waals surface area contributed by atoms with Gasteiger partial charge in [0.25, 0.3) is 5.91 Å². The summed E-state index contributed by atoms with van der Waals surface area (Å²) in [6, 6.07) is 3.57. The van der Waals surface area contributed by atoms with Crippen molar-refractivity contribution in [2.24, 2.45) is 0 Å². The number of hydrogen-bond acceptors (Lipinski definition) is 3. The molecule has 0 radical (unpaired) electrons. The molecular weight excluding hydrogens is 288 g/mol. The van der Waals surface area contributed by atoms with Crippen LogP contribution in [0.2, 0.25) is 0 Å². The zero-order valence-electron chi connectivity index (χ0n) is 8.53. The number of aryl methyl sites for hydroxylation is 1. The Morgan fingerprint density at radius 3 is 2.94 bits per heavy atom. The second-order valence-electron chi connectivity index (χ2n) is 3.28. The molecular formula is C11H9BrN2OS. The van der Waals surface area contributed by atoms with Gasteiger partial charge in [0.1, 0.15) is 5.82 Å². The number of nitrogens with one attached hydrogen (secondary N) is 1. The van der Waals surface area contributed by atoms with E-state index in [1.165, 1.54) is 11.3 Å². The van der Waals surface area contributed by atoms with Gasteiger partial charge in [-0.1, -0.05) is 15.9 Å². The van der Waals surface area contributed by atoms with E-state index in [0.29, 0.717) is 11.4 Å². The summed E-state index contributed by atoms with van der Waals surface area (Å²) in [6.45, 7) is 1.92. The lowest BCUT2D eigenvalue weighted by Crippen LogP contribution is -2.12. The van der Waals surface area contributed by atoms with E-state index in [4.69, 9.17) is 0 Å². The molecule has 2 aromatic heterocycles. The summed E-state index contributed by atoms with van der Waals surface area (Å²) < 4.78 is 0.889. The second-order valence-corrected chi connectivity index (χ2v) is 4.94. The molecule has 2 aromatic rings. The van der Waals surface area contributed by atoms with E-state index in [1.54, 1.807) is 12.3 Å². The molecule has 2 rings (SSSR count). The van der Waals surface area contributed by atoms with Crippen molar-refractivity contribution in [1.82, 2.24) is 4.98 Å². The van der Waals surface area contributed by atoms with E-state index >= 15 is 0 Å². The monoisotopic (exact) mass is 296 g/mol. The number of carbonyl (C=O) groups excluding carboxylic acids is 1. The van der Waals surface area contributed by atoms with Crippen LogP contribution in [0.4, 0.5) is 5.82 Å². The Labute approximate surface area is 106 Å². The molecule has 0 aliphatic rings. The number of rotatable bonds is 2. The third kappa shape index (κ3) is 2.48. The van der Waals surface area contributed by atoms with Crippen molar-refractivity contribution >= 4 is 39.0 Å². The molecule has 16 heavy (non-hydrogen) atoms. The van der Waals surface area contributed by atoms with Crippen LogP contribution in [-0.4, -0.2) is 10.9 Å². The first kappa shape index (κ1) is 11.3. The maximum atomic E-state index is 11.8. The SMILES string of the molecule is Cc1cscc1C(=O)Nc1cc(Br)ccn1. The fourth-order valence-electron chi connectivity index (χ4n) is 1.25. The minimum atomic E-state index is -0.121. The zero-order valence-corrected chi connectivity index (χ0v) is 10.9. The molecule has 82 valence electrons. The highest BCUT2D eigenvalue weighted by molar-refractivity contribution is 9.10. The normalized spacial score (nSPS) is 10.1. The van der Waals surface area contributed by atoms with Crippen molar-refractivity contribution in [3.8, 4) is 0 Å². The lowest BCUT2D eigenvalue weighted by atomic mass is 10.2. The molecule has 0 bridgehead atoms. The smallest absolute Gasteiger partial charge is 0.257 e. The average molecular weight is 297 g/mol. The van der Waals surface area contributed by atoms with Crippen molar-refractivity contribution in [3.05, 3.63) is 44.7 Å². The molecule has 2 heterocycles.